The van der Waals surface area contributed by atoms with Gasteiger partial charge in [0.05, 0.1) is 0 Å². The molecule has 0 rings (SSSR count). The summed E-state index contributed by atoms with van der Waals surface area (Å²) in [4.78, 5) is 0. The third-order valence-electron chi connectivity index (χ3n) is 0.250. The second-order valence-electron chi connectivity index (χ2n) is 0.750. The van der Waals surface area contributed by atoms with E-state index in [0.717, 1.165) is 6.42 Å². The van der Waals surface area contributed by atoms with Crippen LogP contribution in [0.5, 0.6) is 0 Å². The van der Waals surface area contributed by atoms with Crippen molar-refractivity contribution < 1.29 is 32.7 Å². The molecule has 1 N–H and O–H groups in total. The largest absolute Gasteiger partial charge is 0.677 e. The van der Waals surface area contributed by atoms with Gasteiger partial charge in [-0.15, -0.1) is 0 Å². The van der Waals surface area contributed by atoms with Crippen LogP contribution in [0.4, 0.5) is 0 Å². The topological polar surface area (TPSA) is 23.8 Å². The van der Waals surface area contributed by atoms with Crippen molar-refractivity contribution in [1.82, 2.24) is 0 Å². The van der Waals surface area contributed by atoms with Crippen LogP contribution in [0.25, 0.3) is 5.73 Å². The quantitative estimate of drug-likeness (QED) is 0.535. The second kappa shape index (κ2) is 8.91. The Kier molecular flexibility index (Phi) is 16.8. The first-order chi connectivity index (χ1) is 1.91. The first-order valence-corrected chi connectivity index (χ1v) is 1.56. The van der Waals surface area contributed by atoms with Gasteiger partial charge in [0.2, 0.25) is 0 Å². The predicted octanol–water partition coefficient (Wildman–Crippen LogP) is 1.45. The Bertz CT molecular complexity index is 8.85. The molecule has 0 bridgehead atoms. The van der Waals surface area contributed by atoms with E-state index in [4.69, 9.17) is 5.73 Å². The number of hydrogen-bond donors (Lipinski definition) is 0. The molecule has 0 saturated carbocycles. The summed E-state index contributed by atoms with van der Waals surface area (Å²) >= 11 is 0. The molecule has 1 nitrogen and oxygen atoms in total. The minimum atomic E-state index is 0. The molecule has 0 aromatic carbocycles. The van der Waals surface area contributed by atoms with Crippen molar-refractivity contribution in [3.8, 4) is 0 Å². The fourth-order valence-electron chi connectivity index (χ4n) is 0. The summed E-state index contributed by atoms with van der Waals surface area (Å²) in [6, 6.07) is 0. The van der Waals surface area contributed by atoms with E-state index < -0.39 is 0 Å². The molecule has 0 aromatic rings. The Hall–Kier alpha value is 1.06. The molecule has 1 radical (unpaired) electrons. The van der Waals surface area contributed by atoms with E-state index in [9.17, 15) is 0 Å². The first kappa shape index (κ1) is 9.42. The molecule has 5 heavy (non-hydrogen) atoms. The molecule has 0 aliphatic heterocycles. The van der Waals surface area contributed by atoms with Crippen molar-refractivity contribution in [3.05, 3.63) is 5.73 Å². The molecule has 0 spiro atoms. The Balaban J connectivity index is 0. The normalized spacial score (nSPS) is 6.00. The average molecular weight is 147 g/mol. The van der Waals surface area contributed by atoms with Gasteiger partial charge in [-0.1, -0.05) is 13.3 Å². The third kappa shape index (κ3) is 11.2. The van der Waals surface area contributed by atoms with Gasteiger partial charge in [0, 0.05) is 32.7 Å². The molecule has 0 fully saturated rings. The van der Waals surface area contributed by atoms with Crippen molar-refractivity contribution in [3.63, 3.8) is 0 Å². The minimum absolute atomic E-state index is 0. The maximum atomic E-state index is 6.45. The molecule has 0 unspecified atom stereocenters. The zero-order chi connectivity index (χ0) is 3.41. The Morgan fingerprint density at radius 1 is 1.60 bits per heavy atom. The smallest absolute Gasteiger partial charge is 0 e. The summed E-state index contributed by atoms with van der Waals surface area (Å²) in [5.74, 6) is 0. The van der Waals surface area contributed by atoms with Crippen LogP contribution in [0.1, 0.15) is 13.3 Å². The summed E-state index contributed by atoms with van der Waals surface area (Å²) in [7, 11) is 0. The fourth-order valence-corrected chi connectivity index (χ4v) is 0. The molecule has 0 atom stereocenters. The van der Waals surface area contributed by atoms with E-state index in [-0.39, 0.29) is 32.7 Å². The number of rotatable bonds is 1. The summed E-state index contributed by atoms with van der Waals surface area (Å²) in [6.45, 7) is 2.56. The van der Waals surface area contributed by atoms with Crippen LogP contribution in [0.15, 0.2) is 0 Å². The molecule has 0 aliphatic carbocycles. The van der Waals surface area contributed by atoms with Gasteiger partial charge in [0.1, 0.15) is 0 Å². The maximum absolute atomic E-state index is 6.45. The molecule has 2 heteroatoms. The molecule has 0 aliphatic rings. The predicted molar refractivity (Wildman–Crippen MR) is 19.5 cm³/mol. The summed E-state index contributed by atoms with van der Waals surface area (Å²) in [5, 5.41) is 0. The molecular formula is C3H8NY-. The van der Waals surface area contributed by atoms with Gasteiger partial charge in [-0.25, -0.2) is 0 Å². The molecule has 0 aromatic heterocycles. The van der Waals surface area contributed by atoms with Gasteiger partial charge < -0.3 is 5.73 Å². The monoisotopic (exact) mass is 147 g/mol. The van der Waals surface area contributed by atoms with Crippen molar-refractivity contribution in [1.29, 1.82) is 0 Å². The van der Waals surface area contributed by atoms with Gasteiger partial charge >= 0.3 is 0 Å². The molecule has 0 saturated heterocycles. The van der Waals surface area contributed by atoms with Crippen LogP contribution in [-0.2, 0) is 32.7 Å². The van der Waals surface area contributed by atoms with Crippen molar-refractivity contribution in [2.24, 2.45) is 0 Å². The Labute approximate surface area is 58.2 Å². The molecule has 0 amide bonds. The van der Waals surface area contributed by atoms with E-state index in [1.54, 1.807) is 0 Å². The van der Waals surface area contributed by atoms with Crippen LogP contribution in [-0.4, -0.2) is 6.54 Å². The van der Waals surface area contributed by atoms with Gasteiger partial charge in [-0.3, -0.25) is 0 Å². The van der Waals surface area contributed by atoms with Crippen molar-refractivity contribution >= 4 is 0 Å². The van der Waals surface area contributed by atoms with Crippen LogP contribution in [0.2, 0.25) is 0 Å². The standard InChI is InChI=1S/C3H8N.Y/c1-2-3-4;/h4H,2-3H2,1H3;/q-1;. The number of nitrogens with one attached hydrogen (secondary N) is 1. The van der Waals surface area contributed by atoms with Gasteiger partial charge in [0.15, 0.2) is 0 Å². The second-order valence-corrected chi connectivity index (χ2v) is 0.750. The number of hydrogen-bond acceptors (Lipinski definition) is 0. The zero-order valence-electron chi connectivity index (χ0n) is 3.49. The first-order valence-electron chi connectivity index (χ1n) is 1.56. The zero-order valence-corrected chi connectivity index (χ0v) is 6.33. The van der Waals surface area contributed by atoms with Gasteiger partial charge in [-0.2, -0.15) is 6.54 Å². The minimum Gasteiger partial charge on any atom is -0.677 e. The average Bonchev–Trinajstić information content (AvgIpc) is 1.37. The van der Waals surface area contributed by atoms with E-state index in [0.29, 0.717) is 6.54 Å². The Morgan fingerprint density at radius 2 is 1.80 bits per heavy atom. The SMILES string of the molecule is CCC[NH-].[Y]. The molecule has 0 heterocycles. The van der Waals surface area contributed by atoms with E-state index in [1.165, 1.54) is 0 Å². The van der Waals surface area contributed by atoms with Crippen LogP contribution >= 0.6 is 0 Å². The van der Waals surface area contributed by atoms with E-state index >= 15 is 0 Å². The van der Waals surface area contributed by atoms with Crippen molar-refractivity contribution in [2.75, 3.05) is 6.54 Å². The summed E-state index contributed by atoms with van der Waals surface area (Å²) < 4.78 is 0. The van der Waals surface area contributed by atoms with Crippen LogP contribution in [0.3, 0.4) is 0 Å². The van der Waals surface area contributed by atoms with Crippen LogP contribution in [0, 0.1) is 0 Å². The summed E-state index contributed by atoms with van der Waals surface area (Å²) in [6.07, 6.45) is 0.986. The van der Waals surface area contributed by atoms with Crippen molar-refractivity contribution in [2.45, 2.75) is 13.3 Å². The van der Waals surface area contributed by atoms with E-state index in [2.05, 4.69) is 0 Å². The fraction of sp³-hybridized carbons (Fsp3) is 1.00. The molecule has 29 valence electrons. The van der Waals surface area contributed by atoms with E-state index in [1.807, 2.05) is 6.92 Å². The third-order valence-corrected chi connectivity index (χ3v) is 0.250. The summed E-state index contributed by atoms with van der Waals surface area (Å²) in [5.41, 5.74) is 6.45. The van der Waals surface area contributed by atoms with Gasteiger partial charge in [0.25, 0.3) is 0 Å². The molecular weight excluding hydrogens is 139 g/mol. The van der Waals surface area contributed by atoms with Crippen LogP contribution < -0.4 is 0 Å². The van der Waals surface area contributed by atoms with Gasteiger partial charge in [-0.05, 0) is 0 Å². The Morgan fingerprint density at radius 3 is 1.80 bits per heavy atom. The maximum Gasteiger partial charge on any atom is 0 e.